The molecule has 4 bridgehead atoms. The Bertz CT molecular complexity index is 530. The number of carbonyl (C=O) groups is 2. The summed E-state index contributed by atoms with van der Waals surface area (Å²) in [4.78, 5) is 24.1. The van der Waals surface area contributed by atoms with Crippen molar-refractivity contribution in [2.75, 3.05) is 13.7 Å². The Morgan fingerprint density at radius 2 is 2.30 bits per heavy atom. The molecule has 3 saturated heterocycles. The van der Waals surface area contributed by atoms with Gasteiger partial charge in [-0.1, -0.05) is 22.0 Å². The van der Waals surface area contributed by atoms with Gasteiger partial charge in [0.15, 0.2) is 4.32 Å². The van der Waals surface area contributed by atoms with Crippen LogP contribution in [0, 0.1) is 17.8 Å². The average Bonchev–Trinajstić information content (AvgIpc) is 2.45. The summed E-state index contributed by atoms with van der Waals surface area (Å²) in [5.74, 6) is -0.463. The Hall–Kier alpha value is -0.880. The van der Waals surface area contributed by atoms with E-state index in [9.17, 15) is 9.59 Å². The lowest BCUT2D eigenvalue weighted by Gasteiger charge is -2.59. The summed E-state index contributed by atoms with van der Waals surface area (Å²) in [7, 11) is 1.40. The van der Waals surface area contributed by atoms with Crippen LogP contribution in [0.3, 0.4) is 0 Å². The molecule has 3 aliphatic heterocycles. The van der Waals surface area contributed by atoms with Crippen molar-refractivity contribution in [1.82, 2.24) is 0 Å². The number of esters is 2. The molecule has 0 aromatic heterocycles. The number of methoxy groups -OCH3 is 1. The van der Waals surface area contributed by atoms with Gasteiger partial charge >= 0.3 is 11.9 Å². The van der Waals surface area contributed by atoms with Crippen molar-refractivity contribution in [2.24, 2.45) is 17.8 Å². The summed E-state index contributed by atoms with van der Waals surface area (Å²) in [6.07, 6.45) is 2.93. The highest BCUT2D eigenvalue weighted by Gasteiger charge is 2.67. The van der Waals surface area contributed by atoms with E-state index < -0.39 is 4.32 Å². The van der Waals surface area contributed by atoms with Crippen molar-refractivity contribution in [3.05, 3.63) is 11.6 Å². The number of carbonyl (C=O) groups excluding carboxylic acids is 2. The minimum absolute atomic E-state index is 0.0853. The van der Waals surface area contributed by atoms with E-state index in [1.807, 2.05) is 6.08 Å². The van der Waals surface area contributed by atoms with Gasteiger partial charge in [0, 0.05) is 12.3 Å². The SMILES string of the molecule is COC(=O)[C@H]1C=C2[C@@H]3C[C@@H]4OCC(C1)[C@H]2[C@]4(Br)C(=O)O3. The number of alkyl halides is 1. The van der Waals surface area contributed by atoms with Gasteiger partial charge in [-0.05, 0) is 17.9 Å². The average molecular weight is 343 g/mol. The maximum atomic E-state index is 12.2. The van der Waals surface area contributed by atoms with E-state index in [-0.39, 0.29) is 41.9 Å². The summed E-state index contributed by atoms with van der Waals surface area (Å²) in [6.45, 7) is 0.591. The van der Waals surface area contributed by atoms with Crippen molar-refractivity contribution < 1.29 is 23.8 Å². The van der Waals surface area contributed by atoms with Crippen LogP contribution < -0.4 is 0 Å². The van der Waals surface area contributed by atoms with Crippen LogP contribution in [0.1, 0.15) is 12.8 Å². The number of halogens is 1. The summed E-state index contributed by atoms with van der Waals surface area (Å²) in [5.41, 5.74) is 1.08. The molecule has 0 radical (unpaired) electrons. The second kappa shape index (κ2) is 4.07. The van der Waals surface area contributed by atoms with Crippen LogP contribution in [-0.2, 0) is 23.8 Å². The number of ether oxygens (including phenoxy) is 3. The van der Waals surface area contributed by atoms with Crippen LogP contribution in [0.2, 0.25) is 0 Å². The van der Waals surface area contributed by atoms with E-state index in [0.717, 1.165) is 5.57 Å². The van der Waals surface area contributed by atoms with Crippen molar-refractivity contribution >= 4 is 27.9 Å². The standard InChI is InChI=1S/C14H15BrO5/c1-18-12(16)6-2-7-5-19-10-4-9-8(3-6)11(7)14(10,15)13(17)20-9/h3,6-7,9-11H,2,4-5H2,1H3/t6-,7?,9+,10+,11-,14+/m1/s1. The molecule has 5 nitrogen and oxygen atoms in total. The van der Waals surface area contributed by atoms with Gasteiger partial charge in [0.05, 0.1) is 25.7 Å². The zero-order valence-corrected chi connectivity index (χ0v) is 12.6. The van der Waals surface area contributed by atoms with Crippen LogP contribution in [0.5, 0.6) is 0 Å². The topological polar surface area (TPSA) is 61.8 Å². The Morgan fingerprint density at radius 3 is 3.05 bits per heavy atom. The van der Waals surface area contributed by atoms with Crippen molar-refractivity contribution in [1.29, 1.82) is 0 Å². The molecule has 1 unspecified atom stereocenters. The molecule has 3 heterocycles. The van der Waals surface area contributed by atoms with Crippen molar-refractivity contribution in [3.63, 3.8) is 0 Å². The first-order valence-electron chi connectivity index (χ1n) is 6.86. The first kappa shape index (κ1) is 12.8. The molecule has 0 N–H and O–H groups in total. The fourth-order valence-corrected chi connectivity index (χ4v) is 5.29. The van der Waals surface area contributed by atoms with E-state index >= 15 is 0 Å². The maximum Gasteiger partial charge on any atom is 0.326 e. The molecule has 2 aliphatic carbocycles. The predicted octanol–water partition coefficient (Wildman–Crippen LogP) is 1.20. The van der Waals surface area contributed by atoms with Gasteiger partial charge in [-0.15, -0.1) is 0 Å². The maximum absolute atomic E-state index is 12.2. The minimum Gasteiger partial charge on any atom is -0.469 e. The van der Waals surface area contributed by atoms with Crippen LogP contribution >= 0.6 is 15.9 Å². The molecule has 20 heavy (non-hydrogen) atoms. The van der Waals surface area contributed by atoms with E-state index in [1.165, 1.54) is 7.11 Å². The van der Waals surface area contributed by atoms with E-state index in [2.05, 4.69) is 15.9 Å². The number of rotatable bonds is 1. The molecule has 6 atom stereocenters. The predicted molar refractivity (Wildman–Crippen MR) is 71.1 cm³/mol. The monoisotopic (exact) mass is 342 g/mol. The lowest BCUT2D eigenvalue weighted by atomic mass is 9.59. The van der Waals surface area contributed by atoms with E-state index in [1.54, 1.807) is 0 Å². The number of hydrogen-bond acceptors (Lipinski definition) is 5. The fourth-order valence-electron chi connectivity index (χ4n) is 4.24. The molecule has 0 aromatic carbocycles. The van der Waals surface area contributed by atoms with Crippen LogP contribution in [0.25, 0.3) is 0 Å². The molecule has 0 spiro atoms. The smallest absolute Gasteiger partial charge is 0.326 e. The van der Waals surface area contributed by atoms with E-state index in [4.69, 9.17) is 14.2 Å². The highest BCUT2D eigenvalue weighted by atomic mass is 79.9. The first-order valence-corrected chi connectivity index (χ1v) is 7.66. The van der Waals surface area contributed by atoms with E-state index in [0.29, 0.717) is 19.4 Å². The Kier molecular flexibility index (Phi) is 2.61. The largest absolute Gasteiger partial charge is 0.469 e. The second-order valence-corrected chi connectivity index (χ2v) is 7.30. The van der Waals surface area contributed by atoms with Gasteiger partial charge in [0.1, 0.15) is 6.10 Å². The second-order valence-electron chi connectivity index (χ2n) is 5.99. The zero-order chi connectivity index (χ0) is 14.1. The first-order chi connectivity index (χ1) is 9.55. The summed E-state index contributed by atoms with van der Waals surface area (Å²) < 4.78 is 15.5. The highest BCUT2D eigenvalue weighted by Crippen LogP contribution is 2.59. The Labute approximate surface area is 124 Å². The van der Waals surface area contributed by atoms with Gasteiger partial charge in [0.25, 0.3) is 0 Å². The normalized spacial score (nSPS) is 48.4. The number of hydrogen-bond donors (Lipinski definition) is 0. The molecule has 5 rings (SSSR count). The third kappa shape index (κ3) is 1.41. The lowest BCUT2D eigenvalue weighted by Crippen LogP contribution is -2.69. The molecule has 1 saturated carbocycles. The van der Waals surface area contributed by atoms with Crippen LogP contribution in [0.4, 0.5) is 0 Å². The highest BCUT2D eigenvalue weighted by molar-refractivity contribution is 9.10. The van der Waals surface area contributed by atoms with Gasteiger partial charge in [-0.25, -0.2) is 0 Å². The molecule has 6 heteroatoms. The molecular formula is C14H15BrO5. The van der Waals surface area contributed by atoms with Crippen LogP contribution in [0.15, 0.2) is 11.6 Å². The molecule has 5 aliphatic rings. The Balaban J connectivity index is 1.81. The summed E-state index contributed by atoms with van der Waals surface area (Å²) in [5, 5.41) is 0. The Morgan fingerprint density at radius 1 is 1.50 bits per heavy atom. The summed E-state index contributed by atoms with van der Waals surface area (Å²) in [6, 6.07) is 0. The lowest BCUT2D eigenvalue weighted by molar-refractivity contribution is -0.196. The van der Waals surface area contributed by atoms with Crippen molar-refractivity contribution in [3.8, 4) is 0 Å². The quantitative estimate of drug-likeness (QED) is 0.407. The van der Waals surface area contributed by atoms with Gasteiger partial charge in [0.2, 0.25) is 0 Å². The zero-order valence-electron chi connectivity index (χ0n) is 11.0. The van der Waals surface area contributed by atoms with Gasteiger partial charge < -0.3 is 14.2 Å². The molecule has 0 amide bonds. The molecule has 0 aromatic rings. The molecule has 108 valence electrons. The van der Waals surface area contributed by atoms with Crippen LogP contribution in [-0.4, -0.2) is 42.2 Å². The fraction of sp³-hybridized carbons (Fsp3) is 0.714. The molecular weight excluding hydrogens is 328 g/mol. The number of fused-ring (bicyclic) bond motifs is 1. The third-order valence-electron chi connectivity index (χ3n) is 5.08. The van der Waals surface area contributed by atoms with Gasteiger partial charge in [-0.2, -0.15) is 0 Å². The minimum atomic E-state index is -0.766. The van der Waals surface area contributed by atoms with Crippen molar-refractivity contribution in [2.45, 2.75) is 29.4 Å². The van der Waals surface area contributed by atoms with Gasteiger partial charge in [-0.3, -0.25) is 9.59 Å². The summed E-state index contributed by atoms with van der Waals surface area (Å²) >= 11 is 3.61. The third-order valence-corrected chi connectivity index (χ3v) is 6.41. The molecule has 4 fully saturated rings.